The van der Waals surface area contributed by atoms with E-state index in [1.54, 1.807) is 49.3 Å². The Morgan fingerprint density at radius 2 is 1.77 bits per heavy atom. The van der Waals surface area contributed by atoms with Gasteiger partial charge in [-0.15, -0.1) is 0 Å². The third-order valence-corrected chi connectivity index (χ3v) is 6.96. The standard InChI is InChI=1S/C29H28ClN5O4/c1-33(2)14-13-25(36)34(3)20-9-7-19(8-10-20)31-27(17-5-12-23-24(15-17)39-29(38)35(23)4)26-21-11-6-18(30)16-22(21)32-28(26)37/h5-12,15-16,31H,13-14H2,1-4H3,(H,32,37)/b27-26-. The Balaban J connectivity index is 1.55. The van der Waals surface area contributed by atoms with Crippen molar-refractivity contribution in [1.82, 2.24) is 9.47 Å². The molecule has 0 aliphatic carbocycles. The van der Waals surface area contributed by atoms with Gasteiger partial charge < -0.3 is 24.9 Å². The molecule has 10 heteroatoms. The molecule has 0 bridgehead atoms. The lowest BCUT2D eigenvalue weighted by molar-refractivity contribution is -0.118. The summed E-state index contributed by atoms with van der Waals surface area (Å²) in [6, 6.07) is 18.0. The fourth-order valence-electron chi connectivity index (χ4n) is 4.51. The average Bonchev–Trinajstić information content (AvgIpc) is 3.39. The number of aromatic nitrogens is 1. The molecule has 2 N–H and O–H groups in total. The minimum atomic E-state index is -0.470. The lowest BCUT2D eigenvalue weighted by Crippen LogP contribution is -2.29. The van der Waals surface area contributed by atoms with Gasteiger partial charge in [0.1, 0.15) is 0 Å². The molecule has 1 aromatic heterocycles. The molecule has 0 spiro atoms. The van der Waals surface area contributed by atoms with Crippen molar-refractivity contribution >= 4 is 62.8 Å². The minimum Gasteiger partial charge on any atom is -0.408 e. The number of carbonyl (C=O) groups is 2. The number of hydrogen-bond donors (Lipinski definition) is 2. The van der Waals surface area contributed by atoms with Crippen LogP contribution in [0, 0.1) is 0 Å². The van der Waals surface area contributed by atoms with Gasteiger partial charge in [-0.25, -0.2) is 4.79 Å². The molecule has 200 valence electrons. The molecular formula is C29H28ClN5O4. The first-order valence-corrected chi connectivity index (χ1v) is 12.7. The van der Waals surface area contributed by atoms with Crippen molar-refractivity contribution in [2.75, 3.05) is 43.2 Å². The fourth-order valence-corrected chi connectivity index (χ4v) is 4.68. The quantitative estimate of drug-likeness (QED) is 0.328. The van der Waals surface area contributed by atoms with Crippen LogP contribution < -0.4 is 21.3 Å². The SMILES string of the molecule is CN(C)CCC(=O)N(C)c1ccc(N/C(=C2\C(=O)Nc3cc(Cl)ccc32)c2ccc3c(c2)oc(=O)n3C)cc1. The molecule has 0 saturated carbocycles. The number of rotatable bonds is 7. The summed E-state index contributed by atoms with van der Waals surface area (Å²) in [5.41, 5.74) is 5.44. The van der Waals surface area contributed by atoms with Crippen molar-refractivity contribution in [3.05, 3.63) is 87.4 Å². The number of nitrogens with one attached hydrogen (secondary N) is 2. The van der Waals surface area contributed by atoms with Gasteiger partial charge in [-0.1, -0.05) is 23.7 Å². The van der Waals surface area contributed by atoms with Crippen molar-refractivity contribution in [2.24, 2.45) is 7.05 Å². The van der Waals surface area contributed by atoms with Crippen LogP contribution in [0.3, 0.4) is 0 Å². The highest BCUT2D eigenvalue weighted by atomic mass is 35.5. The van der Waals surface area contributed by atoms with Gasteiger partial charge >= 0.3 is 5.76 Å². The molecular weight excluding hydrogens is 518 g/mol. The monoisotopic (exact) mass is 545 g/mol. The number of carbonyl (C=O) groups excluding carboxylic acids is 2. The lowest BCUT2D eigenvalue weighted by Gasteiger charge is -2.20. The van der Waals surface area contributed by atoms with Gasteiger partial charge in [0, 0.05) is 54.6 Å². The van der Waals surface area contributed by atoms with Crippen molar-refractivity contribution in [1.29, 1.82) is 0 Å². The maximum Gasteiger partial charge on any atom is 0.419 e. The number of aryl methyl sites for hydroxylation is 1. The van der Waals surface area contributed by atoms with Crippen LogP contribution in [0.1, 0.15) is 17.5 Å². The average molecular weight is 546 g/mol. The number of hydrogen-bond acceptors (Lipinski definition) is 6. The summed E-state index contributed by atoms with van der Waals surface area (Å²) < 4.78 is 6.84. The van der Waals surface area contributed by atoms with Crippen LogP contribution in [-0.4, -0.2) is 49.0 Å². The smallest absolute Gasteiger partial charge is 0.408 e. The van der Waals surface area contributed by atoms with E-state index in [4.69, 9.17) is 16.0 Å². The predicted molar refractivity (Wildman–Crippen MR) is 155 cm³/mol. The number of fused-ring (bicyclic) bond motifs is 2. The molecule has 1 aliphatic rings. The van der Waals surface area contributed by atoms with Gasteiger partial charge in [0.2, 0.25) is 5.91 Å². The Bertz CT molecular complexity index is 1680. The summed E-state index contributed by atoms with van der Waals surface area (Å²) in [7, 11) is 7.25. The molecule has 0 unspecified atom stereocenters. The molecule has 2 amide bonds. The fraction of sp³-hybridized carbons (Fsp3) is 0.207. The van der Waals surface area contributed by atoms with Crippen LogP contribution in [-0.2, 0) is 16.6 Å². The number of benzene rings is 3. The summed E-state index contributed by atoms with van der Waals surface area (Å²) in [4.78, 5) is 41.5. The number of halogens is 1. The molecule has 0 saturated heterocycles. The summed E-state index contributed by atoms with van der Waals surface area (Å²) in [6.07, 6.45) is 0.413. The van der Waals surface area contributed by atoms with Crippen molar-refractivity contribution in [3.63, 3.8) is 0 Å². The van der Waals surface area contributed by atoms with E-state index in [0.717, 1.165) is 5.69 Å². The Morgan fingerprint density at radius 1 is 1.03 bits per heavy atom. The highest BCUT2D eigenvalue weighted by Gasteiger charge is 2.29. The summed E-state index contributed by atoms with van der Waals surface area (Å²) in [5.74, 6) is -0.738. The summed E-state index contributed by atoms with van der Waals surface area (Å²) >= 11 is 6.17. The topological polar surface area (TPSA) is 99.8 Å². The minimum absolute atomic E-state index is 0.0165. The largest absolute Gasteiger partial charge is 0.419 e. The number of nitrogens with zero attached hydrogens (tertiary/aromatic N) is 3. The third kappa shape index (κ3) is 5.19. The van der Waals surface area contributed by atoms with Gasteiger partial charge in [0.05, 0.1) is 22.5 Å². The Hall–Kier alpha value is -4.34. The Morgan fingerprint density at radius 3 is 2.49 bits per heavy atom. The molecule has 0 atom stereocenters. The molecule has 0 fully saturated rings. The van der Waals surface area contributed by atoms with Crippen LogP contribution in [0.2, 0.25) is 5.02 Å². The van der Waals surface area contributed by atoms with Crippen LogP contribution in [0.25, 0.3) is 22.4 Å². The number of anilines is 3. The van der Waals surface area contributed by atoms with Gasteiger partial charge in [-0.2, -0.15) is 0 Å². The van der Waals surface area contributed by atoms with E-state index in [1.807, 2.05) is 49.3 Å². The highest BCUT2D eigenvalue weighted by molar-refractivity contribution is 6.38. The first-order chi connectivity index (χ1) is 18.6. The van der Waals surface area contributed by atoms with Gasteiger partial charge in [-0.05, 0) is 62.6 Å². The van der Waals surface area contributed by atoms with E-state index in [9.17, 15) is 14.4 Å². The summed E-state index contributed by atoms with van der Waals surface area (Å²) in [5, 5.41) is 6.79. The van der Waals surface area contributed by atoms with Crippen LogP contribution in [0.5, 0.6) is 0 Å². The maximum atomic E-state index is 13.2. The number of oxazole rings is 1. The molecule has 4 aromatic rings. The summed E-state index contributed by atoms with van der Waals surface area (Å²) in [6.45, 7) is 0.667. The third-order valence-electron chi connectivity index (χ3n) is 6.73. The zero-order valence-corrected chi connectivity index (χ0v) is 22.8. The van der Waals surface area contributed by atoms with E-state index < -0.39 is 5.76 Å². The maximum absolute atomic E-state index is 13.2. The zero-order chi connectivity index (χ0) is 27.8. The second-order valence-corrected chi connectivity index (χ2v) is 10.1. The highest BCUT2D eigenvalue weighted by Crippen LogP contribution is 2.39. The molecule has 39 heavy (non-hydrogen) atoms. The molecule has 2 heterocycles. The Kier molecular flexibility index (Phi) is 7.03. The molecule has 9 nitrogen and oxygen atoms in total. The van der Waals surface area contributed by atoms with Crippen LogP contribution >= 0.6 is 11.6 Å². The van der Waals surface area contributed by atoms with E-state index in [0.29, 0.717) is 62.9 Å². The predicted octanol–water partition coefficient (Wildman–Crippen LogP) is 4.63. The van der Waals surface area contributed by atoms with Gasteiger partial charge in [0.15, 0.2) is 5.58 Å². The normalized spacial score (nSPS) is 13.9. The first-order valence-electron chi connectivity index (χ1n) is 12.4. The van der Waals surface area contributed by atoms with Gasteiger partial charge in [0.25, 0.3) is 5.91 Å². The Labute approximate surface area is 230 Å². The van der Waals surface area contributed by atoms with Crippen molar-refractivity contribution in [2.45, 2.75) is 6.42 Å². The lowest BCUT2D eigenvalue weighted by atomic mass is 9.99. The van der Waals surface area contributed by atoms with E-state index in [-0.39, 0.29) is 11.8 Å². The van der Waals surface area contributed by atoms with E-state index >= 15 is 0 Å². The second-order valence-electron chi connectivity index (χ2n) is 9.68. The van der Waals surface area contributed by atoms with Crippen LogP contribution in [0.15, 0.2) is 69.9 Å². The van der Waals surface area contributed by atoms with Gasteiger partial charge in [-0.3, -0.25) is 14.2 Å². The second kappa shape index (κ2) is 10.4. The number of amides is 2. The zero-order valence-electron chi connectivity index (χ0n) is 22.0. The molecule has 1 aliphatic heterocycles. The van der Waals surface area contributed by atoms with Crippen molar-refractivity contribution in [3.8, 4) is 0 Å². The van der Waals surface area contributed by atoms with Crippen molar-refractivity contribution < 1.29 is 14.0 Å². The first kappa shape index (κ1) is 26.3. The molecule has 3 aromatic carbocycles. The molecule has 0 radical (unpaired) electrons. The van der Waals surface area contributed by atoms with E-state index in [2.05, 4.69) is 10.6 Å². The van der Waals surface area contributed by atoms with Crippen LogP contribution in [0.4, 0.5) is 17.1 Å². The van der Waals surface area contributed by atoms with E-state index in [1.165, 1.54) is 4.57 Å². The molecule has 5 rings (SSSR count).